The van der Waals surface area contributed by atoms with E-state index in [0.717, 1.165) is 17.1 Å². The van der Waals surface area contributed by atoms with Crippen LogP contribution >= 0.6 is 0 Å². The standard InChI is InChI=1S/C15H21N5O/c1-10(2)8-13(16)15(21)18-12-6-4-11(5-7-12)14-19-17-9-20(14)3/h4-7,9-10,13H,8,16H2,1-3H3,(H,18,21)/t13-/m0/s1. The van der Waals surface area contributed by atoms with Gasteiger partial charge >= 0.3 is 0 Å². The van der Waals surface area contributed by atoms with E-state index in [-0.39, 0.29) is 5.91 Å². The predicted molar refractivity (Wildman–Crippen MR) is 82.5 cm³/mol. The van der Waals surface area contributed by atoms with Gasteiger partial charge in [-0.15, -0.1) is 10.2 Å². The van der Waals surface area contributed by atoms with E-state index < -0.39 is 6.04 Å². The van der Waals surface area contributed by atoms with E-state index >= 15 is 0 Å². The van der Waals surface area contributed by atoms with E-state index in [1.54, 1.807) is 6.33 Å². The quantitative estimate of drug-likeness (QED) is 0.878. The fraction of sp³-hybridized carbons (Fsp3) is 0.400. The van der Waals surface area contributed by atoms with Crippen molar-refractivity contribution in [2.24, 2.45) is 18.7 Å². The van der Waals surface area contributed by atoms with Crippen LogP contribution in [0, 0.1) is 5.92 Å². The first-order valence-electron chi connectivity index (χ1n) is 6.98. The fourth-order valence-electron chi connectivity index (χ4n) is 2.10. The molecular weight excluding hydrogens is 266 g/mol. The van der Waals surface area contributed by atoms with E-state index in [4.69, 9.17) is 5.73 Å². The van der Waals surface area contributed by atoms with E-state index in [1.165, 1.54) is 0 Å². The largest absolute Gasteiger partial charge is 0.325 e. The zero-order valence-electron chi connectivity index (χ0n) is 12.6. The molecule has 1 amide bonds. The topological polar surface area (TPSA) is 85.8 Å². The zero-order chi connectivity index (χ0) is 15.4. The Morgan fingerprint density at radius 2 is 2.00 bits per heavy atom. The molecule has 0 radical (unpaired) electrons. The first-order valence-corrected chi connectivity index (χ1v) is 6.98. The molecule has 1 aromatic carbocycles. The average Bonchev–Trinajstić information content (AvgIpc) is 2.85. The van der Waals surface area contributed by atoms with Gasteiger partial charge in [0.05, 0.1) is 6.04 Å². The van der Waals surface area contributed by atoms with Crippen LogP contribution in [0.1, 0.15) is 20.3 Å². The minimum Gasteiger partial charge on any atom is -0.325 e. The Balaban J connectivity index is 2.03. The summed E-state index contributed by atoms with van der Waals surface area (Å²) in [5, 5.41) is 10.7. The molecule has 0 spiro atoms. The van der Waals surface area contributed by atoms with E-state index in [1.807, 2.05) is 49.7 Å². The molecular formula is C15H21N5O. The van der Waals surface area contributed by atoms with Crippen LogP contribution in [0.5, 0.6) is 0 Å². The summed E-state index contributed by atoms with van der Waals surface area (Å²) in [5.41, 5.74) is 7.53. The SMILES string of the molecule is CC(C)C[C@H](N)C(=O)Nc1ccc(-c2nncn2C)cc1. The Bertz CT molecular complexity index is 603. The minimum atomic E-state index is -0.483. The lowest BCUT2D eigenvalue weighted by atomic mass is 10.0. The predicted octanol–water partition coefficient (Wildman–Crippen LogP) is 1.79. The molecule has 1 atom stereocenters. The summed E-state index contributed by atoms with van der Waals surface area (Å²) in [5.74, 6) is 1.02. The molecule has 0 aliphatic carbocycles. The number of aryl methyl sites for hydroxylation is 1. The second kappa shape index (κ2) is 6.49. The van der Waals surface area contributed by atoms with Crippen molar-refractivity contribution in [3.63, 3.8) is 0 Å². The highest BCUT2D eigenvalue weighted by atomic mass is 16.2. The molecule has 0 saturated carbocycles. The van der Waals surface area contributed by atoms with Crippen LogP contribution in [0.3, 0.4) is 0 Å². The highest BCUT2D eigenvalue weighted by molar-refractivity contribution is 5.94. The Kier molecular flexibility index (Phi) is 4.70. The molecule has 0 unspecified atom stereocenters. The summed E-state index contributed by atoms with van der Waals surface area (Å²) in [4.78, 5) is 12.0. The monoisotopic (exact) mass is 287 g/mol. The van der Waals surface area contributed by atoms with Crippen LogP contribution in [-0.4, -0.2) is 26.7 Å². The number of carbonyl (C=O) groups is 1. The van der Waals surface area contributed by atoms with Crippen LogP contribution in [0.2, 0.25) is 0 Å². The van der Waals surface area contributed by atoms with E-state index in [0.29, 0.717) is 12.3 Å². The van der Waals surface area contributed by atoms with Crippen LogP contribution in [0.15, 0.2) is 30.6 Å². The average molecular weight is 287 g/mol. The number of carbonyl (C=O) groups excluding carboxylic acids is 1. The Morgan fingerprint density at radius 1 is 1.33 bits per heavy atom. The lowest BCUT2D eigenvalue weighted by molar-refractivity contribution is -0.117. The minimum absolute atomic E-state index is 0.157. The number of hydrogen-bond donors (Lipinski definition) is 2. The molecule has 6 heteroatoms. The maximum atomic E-state index is 12.0. The maximum absolute atomic E-state index is 12.0. The summed E-state index contributed by atoms with van der Waals surface area (Å²) in [7, 11) is 1.88. The van der Waals surface area contributed by atoms with Gasteiger partial charge in [-0.05, 0) is 36.6 Å². The van der Waals surface area contributed by atoms with Crippen molar-refractivity contribution < 1.29 is 4.79 Å². The van der Waals surface area contributed by atoms with Gasteiger partial charge in [0.1, 0.15) is 6.33 Å². The number of nitrogens with two attached hydrogens (primary N) is 1. The summed E-state index contributed by atoms with van der Waals surface area (Å²) in [6.07, 6.45) is 2.32. The summed E-state index contributed by atoms with van der Waals surface area (Å²) < 4.78 is 1.84. The molecule has 6 nitrogen and oxygen atoms in total. The lowest BCUT2D eigenvalue weighted by Gasteiger charge is -2.14. The zero-order valence-corrected chi connectivity index (χ0v) is 12.6. The number of anilines is 1. The van der Waals surface area contributed by atoms with Crippen molar-refractivity contribution >= 4 is 11.6 Å². The van der Waals surface area contributed by atoms with Gasteiger partial charge in [-0.3, -0.25) is 4.79 Å². The van der Waals surface area contributed by atoms with Crippen molar-refractivity contribution in [3.05, 3.63) is 30.6 Å². The molecule has 1 aromatic heterocycles. The maximum Gasteiger partial charge on any atom is 0.241 e. The first-order chi connectivity index (χ1) is 9.97. The number of nitrogens with one attached hydrogen (secondary N) is 1. The van der Waals surface area contributed by atoms with Crippen LogP contribution < -0.4 is 11.1 Å². The highest BCUT2D eigenvalue weighted by Crippen LogP contribution is 2.18. The Morgan fingerprint density at radius 3 is 2.52 bits per heavy atom. The van der Waals surface area contributed by atoms with Crippen LogP contribution in [-0.2, 0) is 11.8 Å². The molecule has 112 valence electrons. The third kappa shape index (κ3) is 3.88. The molecule has 2 rings (SSSR count). The summed E-state index contributed by atoms with van der Waals surface area (Å²) >= 11 is 0. The number of benzene rings is 1. The van der Waals surface area contributed by atoms with Gasteiger partial charge in [0.15, 0.2) is 5.82 Å². The van der Waals surface area contributed by atoms with Gasteiger partial charge in [-0.2, -0.15) is 0 Å². The summed E-state index contributed by atoms with van der Waals surface area (Å²) in [6, 6.07) is 6.98. The van der Waals surface area contributed by atoms with Gasteiger partial charge in [0, 0.05) is 18.3 Å². The Hall–Kier alpha value is -2.21. The van der Waals surface area contributed by atoms with Crippen LogP contribution in [0.4, 0.5) is 5.69 Å². The van der Waals surface area contributed by atoms with E-state index in [2.05, 4.69) is 15.5 Å². The second-order valence-corrected chi connectivity index (χ2v) is 5.57. The summed E-state index contributed by atoms with van der Waals surface area (Å²) in [6.45, 7) is 4.09. The molecule has 1 heterocycles. The number of rotatable bonds is 5. The van der Waals surface area contributed by atoms with Crippen molar-refractivity contribution in [1.29, 1.82) is 0 Å². The third-order valence-corrected chi connectivity index (χ3v) is 3.18. The van der Waals surface area contributed by atoms with Gasteiger partial charge in [-0.1, -0.05) is 13.8 Å². The van der Waals surface area contributed by atoms with Gasteiger partial charge in [0.2, 0.25) is 5.91 Å². The van der Waals surface area contributed by atoms with E-state index in [9.17, 15) is 4.79 Å². The Labute approximate surface area is 124 Å². The molecule has 2 aromatic rings. The van der Waals surface area contributed by atoms with Crippen molar-refractivity contribution in [1.82, 2.24) is 14.8 Å². The number of nitrogens with zero attached hydrogens (tertiary/aromatic N) is 3. The molecule has 0 fully saturated rings. The van der Waals surface area contributed by atoms with Gasteiger partial charge in [-0.25, -0.2) is 0 Å². The van der Waals surface area contributed by atoms with Gasteiger partial charge < -0.3 is 15.6 Å². The molecule has 0 saturated heterocycles. The smallest absolute Gasteiger partial charge is 0.241 e. The molecule has 0 aliphatic rings. The van der Waals surface area contributed by atoms with Crippen molar-refractivity contribution in [3.8, 4) is 11.4 Å². The highest BCUT2D eigenvalue weighted by Gasteiger charge is 2.15. The number of hydrogen-bond acceptors (Lipinski definition) is 4. The third-order valence-electron chi connectivity index (χ3n) is 3.18. The lowest BCUT2D eigenvalue weighted by Crippen LogP contribution is -2.36. The van der Waals surface area contributed by atoms with Gasteiger partial charge in [0.25, 0.3) is 0 Å². The second-order valence-electron chi connectivity index (χ2n) is 5.57. The van der Waals surface area contributed by atoms with Crippen molar-refractivity contribution in [2.75, 3.05) is 5.32 Å². The first kappa shape index (κ1) is 15.2. The van der Waals surface area contributed by atoms with Crippen LogP contribution in [0.25, 0.3) is 11.4 Å². The fourth-order valence-corrected chi connectivity index (χ4v) is 2.10. The van der Waals surface area contributed by atoms with Crippen molar-refractivity contribution in [2.45, 2.75) is 26.3 Å². The molecule has 3 N–H and O–H groups in total. The number of amides is 1. The normalized spacial score (nSPS) is 12.4. The number of aromatic nitrogens is 3. The molecule has 21 heavy (non-hydrogen) atoms. The molecule has 0 aliphatic heterocycles. The molecule has 0 bridgehead atoms.